The Morgan fingerprint density at radius 2 is 1.60 bits per heavy atom. The van der Waals surface area contributed by atoms with Crippen LogP contribution in [-0.2, 0) is 14.6 Å². The Morgan fingerprint density at radius 1 is 1.00 bits per heavy atom. The quantitative estimate of drug-likeness (QED) is 0.725. The second kappa shape index (κ2) is 8.41. The molecule has 2 aromatic rings. The van der Waals surface area contributed by atoms with E-state index >= 15 is 0 Å². The molecule has 0 aliphatic heterocycles. The van der Waals surface area contributed by atoms with Crippen molar-refractivity contribution in [3.05, 3.63) is 65.7 Å². The average Bonchev–Trinajstić information content (AvgIpc) is 2.59. The highest BCUT2D eigenvalue weighted by atomic mass is 32.2. The lowest BCUT2D eigenvalue weighted by atomic mass is 10.1. The van der Waals surface area contributed by atoms with E-state index in [1.807, 2.05) is 32.0 Å². The third-order valence-corrected chi connectivity index (χ3v) is 6.26. The Bertz CT molecular complexity index is 797. The first-order valence-corrected chi connectivity index (χ1v) is 9.87. The molecule has 0 aliphatic rings. The zero-order chi connectivity index (χ0) is 18.4. The van der Waals surface area contributed by atoms with E-state index in [1.54, 1.807) is 48.5 Å². The van der Waals surface area contributed by atoms with Gasteiger partial charge in [0.2, 0.25) is 0 Å². The van der Waals surface area contributed by atoms with Crippen molar-refractivity contribution >= 4 is 15.6 Å². The molecule has 0 amide bonds. The van der Waals surface area contributed by atoms with Gasteiger partial charge >= 0.3 is 0 Å². The van der Waals surface area contributed by atoms with Gasteiger partial charge in [0.05, 0.1) is 10.1 Å². The van der Waals surface area contributed by atoms with Crippen LogP contribution in [0.15, 0.2) is 59.5 Å². The van der Waals surface area contributed by atoms with E-state index in [2.05, 4.69) is 0 Å². The van der Waals surface area contributed by atoms with Gasteiger partial charge in [0, 0.05) is 19.4 Å². The number of carbonyl (C=O) groups is 1. The lowest BCUT2D eigenvalue weighted by Gasteiger charge is -2.18. The molecular weight excluding hydrogens is 334 g/mol. The van der Waals surface area contributed by atoms with Crippen molar-refractivity contribution < 1.29 is 13.2 Å². The highest BCUT2D eigenvalue weighted by Gasteiger charge is 2.31. The van der Waals surface area contributed by atoms with Crippen molar-refractivity contribution in [3.8, 4) is 0 Å². The fourth-order valence-electron chi connectivity index (χ4n) is 2.62. The summed E-state index contributed by atoms with van der Waals surface area (Å²) in [5.74, 6) is -0.0433. The number of rotatable bonds is 8. The molecular formula is C20H25NO3S. The number of nitrogens with zero attached hydrogens (tertiary/aromatic N) is 1. The minimum Gasteiger partial charge on any atom is -0.309 e. The Hall–Kier alpha value is -1.98. The molecule has 0 aliphatic carbocycles. The predicted molar refractivity (Wildman–Crippen MR) is 100 cm³/mol. The van der Waals surface area contributed by atoms with Crippen LogP contribution in [0.1, 0.15) is 29.2 Å². The maximum absolute atomic E-state index is 13.2. The summed E-state index contributed by atoms with van der Waals surface area (Å²) in [4.78, 5) is 14.5. The second-order valence-electron chi connectivity index (χ2n) is 6.55. The summed E-state index contributed by atoms with van der Waals surface area (Å²) in [6.45, 7) is 2.53. The predicted octanol–water partition coefficient (Wildman–Crippen LogP) is 3.42. The normalized spacial score (nSPS) is 13.0. The Kier molecular flexibility index (Phi) is 6.51. The van der Waals surface area contributed by atoms with Gasteiger partial charge in [-0.2, -0.15) is 0 Å². The summed E-state index contributed by atoms with van der Waals surface area (Å²) >= 11 is 0. The highest BCUT2D eigenvalue weighted by molar-refractivity contribution is 7.91. The Balaban J connectivity index is 2.34. The third kappa shape index (κ3) is 5.25. The van der Waals surface area contributed by atoms with E-state index in [-0.39, 0.29) is 17.1 Å². The number of aryl methyl sites for hydroxylation is 1. The Morgan fingerprint density at radius 3 is 2.16 bits per heavy atom. The molecule has 0 heterocycles. The molecule has 2 aromatic carbocycles. The first kappa shape index (κ1) is 19.3. The van der Waals surface area contributed by atoms with Crippen LogP contribution in [0, 0.1) is 6.92 Å². The fraction of sp³-hybridized carbons (Fsp3) is 0.350. The van der Waals surface area contributed by atoms with Crippen LogP contribution >= 0.6 is 0 Å². The number of hydrogen-bond donors (Lipinski definition) is 0. The van der Waals surface area contributed by atoms with E-state index < -0.39 is 15.1 Å². The lowest BCUT2D eigenvalue weighted by molar-refractivity contribution is -0.119. The van der Waals surface area contributed by atoms with Gasteiger partial charge in [0.1, 0.15) is 5.78 Å². The Labute approximate surface area is 150 Å². The largest absolute Gasteiger partial charge is 0.309 e. The highest BCUT2D eigenvalue weighted by Crippen LogP contribution is 2.32. The monoisotopic (exact) mass is 359 g/mol. The summed E-state index contributed by atoms with van der Waals surface area (Å²) in [5, 5.41) is -0.855. The third-order valence-electron chi connectivity index (χ3n) is 4.15. The smallest absolute Gasteiger partial charge is 0.185 e. The van der Waals surface area contributed by atoms with Gasteiger partial charge < -0.3 is 4.90 Å². The molecule has 0 saturated carbocycles. The molecule has 0 bridgehead atoms. The van der Waals surface area contributed by atoms with Crippen LogP contribution < -0.4 is 0 Å². The molecule has 134 valence electrons. The van der Waals surface area contributed by atoms with Gasteiger partial charge in [-0.1, -0.05) is 48.0 Å². The zero-order valence-electron chi connectivity index (χ0n) is 15.0. The minimum atomic E-state index is -3.64. The second-order valence-corrected chi connectivity index (χ2v) is 8.68. The van der Waals surface area contributed by atoms with Gasteiger partial charge in [-0.25, -0.2) is 8.42 Å². The maximum Gasteiger partial charge on any atom is 0.185 e. The topological polar surface area (TPSA) is 54.5 Å². The van der Waals surface area contributed by atoms with Crippen LogP contribution in [0.2, 0.25) is 0 Å². The van der Waals surface area contributed by atoms with Gasteiger partial charge in [-0.3, -0.25) is 4.79 Å². The van der Waals surface area contributed by atoms with Crippen molar-refractivity contribution in [2.75, 3.05) is 20.6 Å². The number of Topliss-reactive ketones (excluding diaryl/α,β-unsaturated/α-hetero) is 1. The van der Waals surface area contributed by atoms with Crippen molar-refractivity contribution in [2.45, 2.75) is 29.9 Å². The van der Waals surface area contributed by atoms with Crippen molar-refractivity contribution in [1.82, 2.24) is 4.90 Å². The number of ketones is 1. The van der Waals surface area contributed by atoms with Crippen molar-refractivity contribution in [3.63, 3.8) is 0 Å². The average molecular weight is 359 g/mol. The van der Waals surface area contributed by atoms with E-state index in [4.69, 9.17) is 0 Å². The summed E-state index contributed by atoms with van der Waals surface area (Å²) in [5.41, 5.74) is 1.65. The molecule has 0 spiro atoms. The maximum atomic E-state index is 13.2. The first-order valence-electron chi connectivity index (χ1n) is 8.32. The molecule has 1 unspecified atom stereocenters. The van der Waals surface area contributed by atoms with Gasteiger partial charge in [-0.05, 0) is 38.7 Å². The van der Waals surface area contributed by atoms with E-state index in [1.165, 1.54) is 0 Å². The summed E-state index contributed by atoms with van der Waals surface area (Å²) in [6.07, 6.45) is 0.341. The minimum absolute atomic E-state index is 0.00589. The number of carbonyl (C=O) groups excluding carboxylic acids is 1. The molecule has 1 atom stereocenters. The number of hydrogen-bond acceptors (Lipinski definition) is 4. The van der Waals surface area contributed by atoms with Crippen molar-refractivity contribution in [1.29, 1.82) is 0 Å². The molecule has 0 radical (unpaired) electrons. The molecule has 25 heavy (non-hydrogen) atoms. The van der Waals surface area contributed by atoms with E-state index in [0.717, 1.165) is 5.56 Å². The van der Waals surface area contributed by atoms with Gasteiger partial charge in [0.25, 0.3) is 0 Å². The van der Waals surface area contributed by atoms with Crippen LogP contribution in [0.25, 0.3) is 0 Å². The summed E-state index contributed by atoms with van der Waals surface area (Å²) < 4.78 is 26.3. The molecule has 5 heteroatoms. The van der Waals surface area contributed by atoms with E-state index in [9.17, 15) is 13.2 Å². The molecule has 4 nitrogen and oxygen atoms in total. The van der Waals surface area contributed by atoms with E-state index in [0.29, 0.717) is 18.5 Å². The summed E-state index contributed by atoms with van der Waals surface area (Å²) in [7, 11) is 0.149. The standard InChI is InChI=1S/C20H25NO3S/c1-16-9-11-19(12-10-16)25(23,24)20(17-7-5-4-6-8-17)15-18(22)13-14-21(2)3/h4-12,20H,13-15H2,1-3H3. The van der Waals surface area contributed by atoms with Gasteiger partial charge in [-0.15, -0.1) is 0 Å². The van der Waals surface area contributed by atoms with Gasteiger partial charge in [0.15, 0.2) is 9.84 Å². The molecule has 0 N–H and O–H groups in total. The molecule has 0 saturated heterocycles. The molecule has 0 fully saturated rings. The van der Waals surface area contributed by atoms with Crippen LogP contribution in [0.3, 0.4) is 0 Å². The first-order chi connectivity index (χ1) is 11.8. The fourth-order valence-corrected chi connectivity index (χ4v) is 4.39. The van der Waals surface area contributed by atoms with Crippen molar-refractivity contribution in [2.24, 2.45) is 0 Å². The number of benzene rings is 2. The van der Waals surface area contributed by atoms with Crippen LogP contribution in [0.4, 0.5) is 0 Å². The molecule has 0 aromatic heterocycles. The lowest BCUT2D eigenvalue weighted by Crippen LogP contribution is -2.21. The summed E-state index contributed by atoms with van der Waals surface area (Å²) in [6, 6.07) is 15.8. The SMILES string of the molecule is Cc1ccc(S(=O)(=O)C(CC(=O)CCN(C)C)c2ccccc2)cc1. The van der Waals surface area contributed by atoms with Crippen LogP contribution in [-0.4, -0.2) is 39.7 Å². The number of sulfone groups is 1. The zero-order valence-corrected chi connectivity index (χ0v) is 15.8. The van der Waals surface area contributed by atoms with Crippen LogP contribution in [0.5, 0.6) is 0 Å². The molecule has 2 rings (SSSR count).